The molecule has 1 N–H and O–H groups in total. The maximum atomic E-state index is 13.5. The smallest absolute Gasteiger partial charge is 0.243 e. The molecule has 0 aliphatic carbocycles. The second-order valence-electron chi connectivity index (χ2n) is 8.25. The third kappa shape index (κ3) is 6.30. The van der Waals surface area contributed by atoms with E-state index in [0.717, 1.165) is 8.61 Å². The lowest BCUT2D eigenvalue weighted by molar-refractivity contribution is -0.116. The molecule has 1 amide bonds. The van der Waals surface area contributed by atoms with Crippen molar-refractivity contribution >= 4 is 31.6 Å². The maximum Gasteiger partial charge on any atom is 0.243 e. The fourth-order valence-corrected chi connectivity index (χ4v) is 5.68. The first kappa shape index (κ1) is 27.3. The summed E-state index contributed by atoms with van der Waals surface area (Å²) >= 11 is 0. The van der Waals surface area contributed by atoms with Crippen LogP contribution in [0.4, 0.5) is 5.69 Å². The van der Waals surface area contributed by atoms with Gasteiger partial charge in [-0.15, -0.1) is 0 Å². The van der Waals surface area contributed by atoms with Crippen molar-refractivity contribution in [2.75, 3.05) is 33.1 Å². The van der Waals surface area contributed by atoms with E-state index >= 15 is 0 Å². The molecular weight excluding hydrogens is 502 g/mol. The molecular formula is C25H29N3O6S2. The Bertz CT molecular complexity index is 1420. The Kier molecular flexibility index (Phi) is 8.51. The molecule has 36 heavy (non-hydrogen) atoms. The number of rotatable bonds is 10. The molecule has 0 aliphatic rings. The summed E-state index contributed by atoms with van der Waals surface area (Å²) in [5.41, 5.74) is 1.62. The molecule has 0 unspecified atom stereocenters. The first-order valence-electron chi connectivity index (χ1n) is 11.0. The monoisotopic (exact) mass is 531 g/mol. The van der Waals surface area contributed by atoms with Gasteiger partial charge in [-0.25, -0.2) is 21.1 Å². The zero-order chi connectivity index (χ0) is 26.5. The summed E-state index contributed by atoms with van der Waals surface area (Å²) in [4.78, 5) is 13.1. The topological polar surface area (TPSA) is 113 Å². The highest BCUT2D eigenvalue weighted by atomic mass is 32.2. The van der Waals surface area contributed by atoms with Gasteiger partial charge in [-0.3, -0.25) is 4.79 Å². The average molecular weight is 532 g/mol. The standard InChI is InChI=1S/C25H29N3O6S2/c1-19-10-13-23(35(30,31)27(2)3)16-24(19)26-25(29)18-28(17-20-8-6-5-7-9-20)36(32,33)22-14-11-21(34-4)12-15-22/h5-16H,17-18H2,1-4H3,(H,26,29). The minimum absolute atomic E-state index is 0.0143. The number of nitrogens with one attached hydrogen (secondary N) is 1. The minimum Gasteiger partial charge on any atom is -0.497 e. The zero-order valence-corrected chi connectivity index (χ0v) is 22.1. The van der Waals surface area contributed by atoms with E-state index in [1.54, 1.807) is 37.3 Å². The van der Waals surface area contributed by atoms with Crippen molar-refractivity contribution in [3.8, 4) is 5.75 Å². The van der Waals surface area contributed by atoms with E-state index < -0.39 is 32.5 Å². The summed E-state index contributed by atoms with van der Waals surface area (Å²) in [6, 6.07) is 19.2. The largest absolute Gasteiger partial charge is 0.497 e. The van der Waals surface area contributed by atoms with Crippen LogP contribution in [0.1, 0.15) is 11.1 Å². The van der Waals surface area contributed by atoms with Gasteiger partial charge in [-0.1, -0.05) is 36.4 Å². The summed E-state index contributed by atoms with van der Waals surface area (Å²) in [5.74, 6) is -0.102. The minimum atomic E-state index is -4.05. The number of hydrogen-bond acceptors (Lipinski definition) is 6. The molecule has 3 aromatic rings. The molecule has 0 aromatic heterocycles. The highest BCUT2D eigenvalue weighted by Gasteiger charge is 2.27. The van der Waals surface area contributed by atoms with Crippen molar-refractivity contribution in [2.45, 2.75) is 23.3 Å². The van der Waals surface area contributed by atoms with Gasteiger partial charge in [0.2, 0.25) is 26.0 Å². The van der Waals surface area contributed by atoms with Crippen LogP contribution in [0.2, 0.25) is 0 Å². The Morgan fingerprint density at radius 1 is 0.861 bits per heavy atom. The fraction of sp³-hybridized carbons (Fsp3) is 0.240. The molecule has 0 aliphatic heterocycles. The number of hydrogen-bond donors (Lipinski definition) is 1. The molecule has 11 heteroatoms. The van der Waals surface area contributed by atoms with Crippen LogP contribution in [-0.4, -0.2) is 59.1 Å². The van der Waals surface area contributed by atoms with Crippen LogP contribution in [0.3, 0.4) is 0 Å². The Hall–Kier alpha value is -3.25. The maximum absolute atomic E-state index is 13.5. The van der Waals surface area contributed by atoms with E-state index in [-0.39, 0.29) is 22.0 Å². The number of carbonyl (C=O) groups is 1. The van der Waals surface area contributed by atoms with Crippen LogP contribution in [0, 0.1) is 6.92 Å². The van der Waals surface area contributed by atoms with Crippen molar-refractivity contribution in [1.82, 2.24) is 8.61 Å². The first-order chi connectivity index (χ1) is 16.9. The Balaban J connectivity index is 1.91. The summed E-state index contributed by atoms with van der Waals surface area (Å²) in [7, 11) is -3.45. The van der Waals surface area contributed by atoms with E-state index in [2.05, 4.69) is 5.32 Å². The van der Waals surface area contributed by atoms with Gasteiger partial charge in [0.25, 0.3) is 0 Å². The van der Waals surface area contributed by atoms with Gasteiger partial charge in [0.1, 0.15) is 5.75 Å². The van der Waals surface area contributed by atoms with Crippen molar-refractivity contribution in [3.05, 3.63) is 83.9 Å². The van der Waals surface area contributed by atoms with Crippen molar-refractivity contribution in [2.24, 2.45) is 0 Å². The van der Waals surface area contributed by atoms with Gasteiger partial charge in [-0.2, -0.15) is 4.31 Å². The van der Waals surface area contributed by atoms with Gasteiger partial charge in [0.05, 0.1) is 23.4 Å². The van der Waals surface area contributed by atoms with Gasteiger partial charge >= 0.3 is 0 Å². The van der Waals surface area contributed by atoms with Crippen molar-refractivity contribution in [1.29, 1.82) is 0 Å². The molecule has 3 rings (SSSR count). The predicted molar refractivity (Wildman–Crippen MR) is 138 cm³/mol. The van der Waals surface area contributed by atoms with Crippen LogP contribution in [0.15, 0.2) is 82.6 Å². The number of methoxy groups -OCH3 is 1. The van der Waals surface area contributed by atoms with Crippen LogP contribution < -0.4 is 10.1 Å². The van der Waals surface area contributed by atoms with Gasteiger partial charge in [-0.05, 0) is 54.4 Å². The highest BCUT2D eigenvalue weighted by molar-refractivity contribution is 7.89. The second kappa shape index (κ2) is 11.2. The number of aryl methyl sites for hydroxylation is 1. The predicted octanol–water partition coefficient (Wildman–Crippen LogP) is 3.08. The number of anilines is 1. The van der Waals surface area contributed by atoms with E-state index in [4.69, 9.17) is 4.74 Å². The van der Waals surface area contributed by atoms with Gasteiger partial charge < -0.3 is 10.1 Å². The van der Waals surface area contributed by atoms with Gasteiger partial charge in [0, 0.05) is 26.3 Å². The molecule has 192 valence electrons. The number of sulfonamides is 2. The number of ether oxygens (including phenoxy) is 1. The van der Waals surface area contributed by atoms with E-state index in [1.807, 2.05) is 6.07 Å². The number of amides is 1. The third-order valence-corrected chi connectivity index (χ3v) is 9.10. The summed E-state index contributed by atoms with van der Waals surface area (Å²) in [5, 5.41) is 2.67. The fourth-order valence-electron chi connectivity index (χ4n) is 3.37. The Morgan fingerprint density at radius 2 is 1.47 bits per heavy atom. The molecule has 0 saturated heterocycles. The highest BCUT2D eigenvalue weighted by Crippen LogP contribution is 2.24. The van der Waals surface area contributed by atoms with Crippen LogP contribution in [-0.2, 0) is 31.4 Å². The summed E-state index contributed by atoms with van der Waals surface area (Å²) in [6.45, 7) is 1.21. The first-order valence-corrected chi connectivity index (χ1v) is 13.8. The molecule has 3 aromatic carbocycles. The third-order valence-electron chi connectivity index (χ3n) is 5.48. The number of benzene rings is 3. The molecule has 0 radical (unpaired) electrons. The van der Waals surface area contributed by atoms with Crippen LogP contribution in [0.5, 0.6) is 5.75 Å². The lowest BCUT2D eigenvalue weighted by Crippen LogP contribution is -2.37. The van der Waals surface area contributed by atoms with E-state index in [0.29, 0.717) is 16.9 Å². The van der Waals surface area contributed by atoms with Crippen LogP contribution >= 0.6 is 0 Å². The van der Waals surface area contributed by atoms with E-state index in [1.165, 1.54) is 57.6 Å². The molecule has 0 spiro atoms. The molecule has 0 heterocycles. The van der Waals surface area contributed by atoms with E-state index in [9.17, 15) is 21.6 Å². The summed E-state index contributed by atoms with van der Waals surface area (Å²) in [6.07, 6.45) is 0. The average Bonchev–Trinajstić information content (AvgIpc) is 2.85. The molecule has 9 nitrogen and oxygen atoms in total. The lowest BCUT2D eigenvalue weighted by atomic mass is 10.2. The second-order valence-corrected chi connectivity index (χ2v) is 12.3. The molecule has 0 fully saturated rings. The number of carbonyl (C=O) groups excluding carboxylic acids is 1. The molecule has 0 bridgehead atoms. The van der Waals surface area contributed by atoms with Crippen LogP contribution in [0.25, 0.3) is 0 Å². The number of nitrogens with zero attached hydrogens (tertiary/aromatic N) is 2. The zero-order valence-electron chi connectivity index (χ0n) is 20.5. The molecule has 0 saturated carbocycles. The lowest BCUT2D eigenvalue weighted by Gasteiger charge is -2.22. The Labute approximate surface area is 212 Å². The van der Waals surface area contributed by atoms with Gasteiger partial charge in [0.15, 0.2) is 0 Å². The quantitative estimate of drug-likeness (QED) is 0.430. The SMILES string of the molecule is COc1ccc(S(=O)(=O)N(CC(=O)Nc2cc(S(=O)(=O)N(C)C)ccc2C)Cc2ccccc2)cc1. The molecule has 0 atom stereocenters. The Morgan fingerprint density at radius 3 is 2.06 bits per heavy atom. The normalized spacial score (nSPS) is 12.1. The van der Waals surface area contributed by atoms with Crippen molar-refractivity contribution in [3.63, 3.8) is 0 Å². The summed E-state index contributed by atoms with van der Waals surface area (Å²) < 4.78 is 59.2. The van der Waals surface area contributed by atoms with Crippen molar-refractivity contribution < 1.29 is 26.4 Å².